The fourth-order valence-corrected chi connectivity index (χ4v) is 3.96. The third kappa shape index (κ3) is 5.32. The van der Waals surface area contributed by atoms with Gasteiger partial charge in [-0.2, -0.15) is 0 Å². The van der Waals surface area contributed by atoms with Crippen LogP contribution in [-0.4, -0.2) is 61.3 Å². The van der Waals surface area contributed by atoms with Gasteiger partial charge in [0.2, 0.25) is 5.91 Å². The summed E-state index contributed by atoms with van der Waals surface area (Å²) in [7, 11) is -2.91. The maximum absolute atomic E-state index is 12.7. The molecular formula is C17H26N2O3S. The van der Waals surface area contributed by atoms with Crippen LogP contribution < -0.4 is 0 Å². The van der Waals surface area contributed by atoms with Gasteiger partial charge < -0.3 is 4.90 Å². The Morgan fingerprint density at radius 3 is 2.39 bits per heavy atom. The summed E-state index contributed by atoms with van der Waals surface area (Å²) >= 11 is 0. The van der Waals surface area contributed by atoms with E-state index >= 15 is 0 Å². The van der Waals surface area contributed by atoms with Crippen molar-refractivity contribution in [2.75, 3.05) is 31.1 Å². The van der Waals surface area contributed by atoms with Crippen LogP contribution in [0.2, 0.25) is 0 Å². The number of hydrogen-bond donors (Lipinski definition) is 0. The number of nitrogens with zero attached hydrogens (tertiary/aromatic N) is 2. The normalized spacial score (nSPS) is 19.2. The molecular weight excluding hydrogens is 312 g/mol. The van der Waals surface area contributed by atoms with Gasteiger partial charge in [-0.3, -0.25) is 9.69 Å². The van der Waals surface area contributed by atoms with E-state index in [1.54, 1.807) is 0 Å². The van der Waals surface area contributed by atoms with Crippen molar-refractivity contribution in [2.24, 2.45) is 0 Å². The number of carbonyl (C=O) groups excluding carboxylic acids is 1. The molecule has 1 aromatic carbocycles. The Morgan fingerprint density at radius 2 is 1.83 bits per heavy atom. The molecule has 1 aliphatic rings. The molecule has 5 nitrogen and oxygen atoms in total. The lowest BCUT2D eigenvalue weighted by atomic mass is 10.1. The van der Waals surface area contributed by atoms with Gasteiger partial charge in [-0.25, -0.2) is 8.42 Å². The minimum Gasteiger partial charge on any atom is -0.335 e. The van der Waals surface area contributed by atoms with Gasteiger partial charge in [-0.05, 0) is 18.9 Å². The summed E-state index contributed by atoms with van der Waals surface area (Å²) in [5.74, 6) is 0.382. The molecule has 0 spiro atoms. The van der Waals surface area contributed by atoms with Crippen molar-refractivity contribution in [1.82, 2.24) is 9.80 Å². The first-order chi connectivity index (χ1) is 10.9. The zero-order chi connectivity index (χ0) is 16.9. The van der Waals surface area contributed by atoms with E-state index < -0.39 is 9.84 Å². The molecule has 0 unspecified atom stereocenters. The summed E-state index contributed by atoms with van der Waals surface area (Å²) in [6, 6.07) is 10.1. The molecule has 6 heteroatoms. The molecule has 0 saturated carbocycles. The Bertz CT molecular complexity index is 602. The van der Waals surface area contributed by atoms with Gasteiger partial charge >= 0.3 is 0 Å². The highest BCUT2D eigenvalue weighted by molar-refractivity contribution is 7.91. The third-order valence-electron chi connectivity index (χ3n) is 4.43. The summed E-state index contributed by atoms with van der Waals surface area (Å²) in [4.78, 5) is 16.6. The molecule has 128 valence electrons. The summed E-state index contributed by atoms with van der Waals surface area (Å²) in [6.45, 7) is 5.93. The Kier molecular flexibility index (Phi) is 6.18. The van der Waals surface area contributed by atoms with Crippen LogP contribution in [-0.2, 0) is 21.2 Å². The second-order valence-corrected chi connectivity index (χ2v) is 8.50. The van der Waals surface area contributed by atoms with Crippen molar-refractivity contribution in [2.45, 2.75) is 32.9 Å². The molecule has 2 rings (SSSR count). The fourth-order valence-electron chi connectivity index (χ4n) is 2.68. The van der Waals surface area contributed by atoms with Crippen LogP contribution in [0, 0.1) is 0 Å². The SMILES string of the molecule is CC[C@@H](C)N(Cc1ccccc1)C(=O)CN1CCS(=O)(=O)CC1. The Labute approximate surface area is 139 Å². The molecule has 1 saturated heterocycles. The van der Waals surface area contributed by atoms with E-state index in [1.165, 1.54) is 0 Å². The Hall–Kier alpha value is -1.40. The zero-order valence-corrected chi connectivity index (χ0v) is 14.8. The molecule has 1 fully saturated rings. The predicted octanol–water partition coefficient (Wildman–Crippen LogP) is 1.54. The molecule has 0 aromatic heterocycles. The van der Waals surface area contributed by atoms with Gasteiger partial charge in [-0.1, -0.05) is 37.3 Å². The summed E-state index contributed by atoms with van der Waals surface area (Å²) in [6.07, 6.45) is 0.896. The van der Waals surface area contributed by atoms with Crippen molar-refractivity contribution in [3.05, 3.63) is 35.9 Å². The van der Waals surface area contributed by atoms with Crippen molar-refractivity contribution in [1.29, 1.82) is 0 Å². The second kappa shape index (κ2) is 7.93. The predicted molar refractivity (Wildman–Crippen MR) is 91.8 cm³/mol. The second-order valence-electron chi connectivity index (χ2n) is 6.19. The highest BCUT2D eigenvalue weighted by atomic mass is 32.2. The van der Waals surface area contributed by atoms with Gasteiger partial charge in [0, 0.05) is 25.7 Å². The Morgan fingerprint density at radius 1 is 1.22 bits per heavy atom. The number of hydrogen-bond acceptors (Lipinski definition) is 4. The average Bonchev–Trinajstić information content (AvgIpc) is 2.54. The largest absolute Gasteiger partial charge is 0.335 e. The number of amides is 1. The number of carbonyl (C=O) groups is 1. The standard InChI is InChI=1S/C17H26N2O3S/c1-3-15(2)19(13-16-7-5-4-6-8-16)17(20)14-18-9-11-23(21,22)12-10-18/h4-8,15H,3,9-14H2,1-2H3/t15-/m1/s1. The van der Waals surface area contributed by atoms with Gasteiger partial charge in [-0.15, -0.1) is 0 Å². The fraction of sp³-hybridized carbons (Fsp3) is 0.588. The first-order valence-electron chi connectivity index (χ1n) is 8.17. The van der Waals surface area contributed by atoms with E-state index in [2.05, 4.69) is 13.8 Å². The van der Waals surface area contributed by atoms with Crippen LogP contribution in [0.15, 0.2) is 30.3 Å². The lowest BCUT2D eigenvalue weighted by Gasteiger charge is -2.32. The van der Waals surface area contributed by atoms with E-state index in [9.17, 15) is 13.2 Å². The summed E-state index contributed by atoms with van der Waals surface area (Å²) in [5, 5.41) is 0. The van der Waals surface area contributed by atoms with Crippen molar-refractivity contribution < 1.29 is 13.2 Å². The summed E-state index contributed by atoms with van der Waals surface area (Å²) < 4.78 is 23.0. The molecule has 0 N–H and O–H groups in total. The van der Waals surface area contributed by atoms with Crippen LogP contribution in [0.4, 0.5) is 0 Å². The smallest absolute Gasteiger partial charge is 0.237 e. The van der Waals surface area contributed by atoms with Gasteiger partial charge in [0.05, 0.1) is 18.1 Å². The van der Waals surface area contributed by atoms with Crippen LogP contribution >= 0.6 is 0 Å². The molecule has 0 aliphatic carbocycles. The van der Waals surface area contributed by atoms with E-state index in [0.29, 0.717) is 26.2 Å². The van der Waals surface area contributed by atoms with E-state index in [4.69, 9.17) is 0 Å². The molecule has 1 aromatic rings. The number of benzene rings is 1. The summed E-state index contributed by atoms with van der Waals surface area (Å²) in [5.41, 5.74) is 1.11. The van der Waals surface area contributed by atoms with Crippen molar-refractivity contribution >= 4 is 15.7 Å². The molecule has 1 amide bonds. The van der Waals surface area contributed by atoms with Gasteiger partial charge in [0.1, 0.15) is 0 Å². The number of rotatable bonds is 6. The highest BCUT2D eigenvalue weighted by Crippen LogP contribution is 2.12. The first-order valence-corrected chi connectivity index (χ1v) is 9.99. The third-order valence-corrected chi connectivity index (χ3v) is 6.04. The van der Waals surface area contributed by atoms with Gasteiger partial charge in [0.15, 0.2) is 9.84 Å². The average molecular weight is 338 g/mol. The molecule has 0 radical (unpaired) electrons. The minimum atomic E-state index is -2.91. The first kappa shape index (κ1) is 17.9. The topological polar surface area (TPSA) is 57.7 Å². The van der Waals surface area contributed by atoms with Crippen LogP contribution in [0.3, 0.4) is 0 Å². The van der Waals surface area contributed by atoms with E-state index in [1.807, 2.05) is 40.1 Å². The lowest BCUT2D eigenvalue weighted by molar-refractivity contribution is -0.135. The lowest BCUT2D eigenvalue weighted by Crippen LogP contribution is -2.48. The van der Waals surface area contributed by atoms with Crippen molar-refractivity contribution in [3.63, 3.8) is 0 Å². The maximum Gasteiger partial charge on any atom is 0.237 e. The molecule has 1 heterocycles. The maximum atomic E-state index is 12.7. The van der Waals surface area contributed by atoms with Crippen LogP contribution in [0.5, 0.6) is 0 Å². The van der Waals surface area contributed by atoms with Crippen LogP contribution in [0.1, 0.15) is 25.8 Å². The van der Waals surface area contributed by atoms with Crippen LogP contribution in [0.25, 0.3) is 0 Å². The molecule has 0 bridgehead atoms. The van der Waals surface area contributed by atoms with E-state index in [-0.39, 0.29) is 23.5 Å². The zero-order valence-electron chi connectivity index (χ0n) is 13.9. The Balaban J connectivity index is 1.99. The molecule has 1 aliphatic heterocycles. The monoisotopic (exact) mass is 338 g/mol. The molecule has 23 heavy (non-hydrogen) atoms. The van der Waals surface area contributed by atoms with Gasteiger partial charge in [0.25, 0.3) is 0 Å². The highest BCUT2D eigenvalue weighted by Gasteiger charge is 2.26. The minimum absolute atomic E-state index is 0.0718. The molecule has 1 atom stereocenters. The quantitative estimate of drug-likeness (QED) is 0.789. The van der Waals surface area contributed by atoms with Crippen molar-refractivity contribution in [3.8, 4) is 0 Å². The number of sulfone groups is 1. The van der Waals surface area contributed by atoms with E-state index in [0.717, 1.165) is 12.0 Å².